The van der Waals surface area contributed by atoms with E-state index in [0.29, 0.717) is 14.8 Å². The molecule has 0 atom stereocenters. The minimum Gasteiger partial charge on any atom is -0.385 e. The van der Waals surface area contributed by atoms with Crippen LogP contribution in [0.4, 0.5) is 15.8 Å². The molecule has 0 aromatic heterocycles. The predicted octanol–water partition coefficient (Wildman–Crippen LogP) is 4.11. The van der Waals surface area contributed by atoms with Gasteiger partial charge in [-0.15, -0.1) is 0 Å². The summed E-state index contributed by atoms with van der Waals surface area (Å²) >= 11 is 1.99. The molecule has 0 bridgehead atoms. The molecule has 2 aromatic rings. The average Bonchev–Trinajstić information content (AvgIpc) is 2.43. The van der Waals surface area contributed by atoms with E-state index in [4.69, 9.17) is 0 Å². The maximum Gasteiger partial charge on any atom is 0.257 e. The van der Waals surface area contributed by atoms with Crippen molar-refractivity contribution in [3.05, 3.63) is 57.4 Å². The summed E-state index contributed by atoms with van der Waals surface area (Å²) in [5, 5.41) is 5.94. The Morgan fingerprint density at radius 3 is 2.65 bits per heavy atom. The zero-order chi connectivity index (χ0) is 14.5. The molecule has 0 aliphatic carbocycles. The molecule has 0 aliphatic heterocycles. The van der Waals surface area contributed by atoms with E-state index in [9.17, 15) is 9.18 Å². The van der Waals surface area contributed by atoms with Gasteiger partial charge >= 0.3 is 0 Å². The second-order valence-electron chi connectivity index (χ2n) is 4.15. The number of nitrogens with one attached hydrogen (secondary N) is 2. The summed E-state index contributed by atoms with van der Waals surface area (Å²) in [5.41, 5.74) is 1.95. The fourth-order valence-corrected chi connectivity index (χ4v) is 2.42. The van der Waals surface area contributed by atoms with E-state index >= 15 is 0 Å². The van der Waals surface area contributed by atoms with Gasteiger partial charge in [0.2, 0.25) is 0 Å². The lowest BCUT2D eigenvalue weighted by Crippen LogP contribution is -2.15. The van der Waals surface area contributed by atoms with Gasteiger partial charge in [-0.25, -0.2) is 4.39 Å². The molecule has 0 fully saturated rings. The Bertz CT molecular complexity index is 631. The summed E-state index contributed by atoms with van der Waals surface area (Å²) in [5.74, 6) is -0.536. The highest BCUT2D eigenvalue weighted by Crippen LogP contribution is 2.21. The zero-order valence-electron chi connectivity index (χ0n) is 10.9. The van der Waals surface area contributed by atoms with Crippen LogP contribution < -0.4 is 10.6 Å². The van der Waals surface area contributed by atoms with Crippen LogP contribution in [-0.2, 0) is 0 Å². The van der Waals surface area contributed by atoms with Crippen LogP contribution in [0.15, 0.2) is 42.5 Å². The summed E-state index contributed by atoms with van der Waals surface area (Å²) in [7, 11) is 0. The number of hydrogen-bond donors (Lipinski definition) is 2. The Hall–Kier alpha value is -1.63. The van der Waals surface area contributed by atoms with Crippen LogP contribution in [0.5, 0.6) is 0 Å². The van der Waals surface area contributed by atoms with Crippen molar-refractivity contribution in [3.8, 4) is 0 Å². The Morgan fingerprint density at radius 1 is 1.20 bits per heavy atom. The Morgan fingerprint density at radius 2 is 1.95 bits per heavy atom. The Labute approximate surface area is 130 Å². The van der Waals surface area contributed by atoms with Crippen molar-refractivity contribution in [2.24, 2.45) is 0 Å². The molecular formula is C15H14FIN2O. The lowest BCUT2D eigenvalue weighted by atomic mass is 10.1. The van der Waals surface area contributed by atoms with Crippen LogP contribution in [0, 0.1) is 9.39 Å². The number of benzene rings is 2. The number of carbonyl (C=O) groups is 1. The molecule has 2 rings (SSSR count). The van der Waals surface area contributed by atoms with E-state index in [2.05, 4.69) is 10.6 Å². The van der Waals surface area contributed by atoms with E-state index < -0.39 is 0 Å². The monoisotopic (exact) mass is 384 g/mol. The summed E-state index contributed by atoms with van der Waals surface area (Å²) in [6.45, 7) is 2.70. The zero-order valence-corrected chi connectivity index (χ0v) is 13.1. The highest BCUT2D eigenvalue weighted by Gasteiger charge is 2.12. The molecule has 20 heavy (non-hydrogen) atoms. The van der Waals surface area contributed by atoms with Crippen molar-refractivity contribution in [2.75, 3.05) is 17.2 Å². The van der Waals surface area contributed by atoms with Crippen molar-refractivity contribution in [1.29, 1.82) is 0 Å². The highest BCUT2D eigenvalue weighted by atomic mass is 127. The number of anilines is 2. The van der Waals surface area contributed by atoms with E-state index in [1.165, 1.54) is 12.1 Å². The minimum absolute atomic E-state index is 0.217. The number of rotatable bonds is 4. The molecule has 0 unspecified atom stereocenters. The molecule has 0 radical (unpaired) electrons. The van der Waals surface area contributed by atoms with Crippen LogP contribution >= 0.6 is 22.6 Å². The van der Waals surface area contributed by atoms with Crippen molar-refractivity contribution in [3.63, 3.8) is 0 Å². The van der Waals surface area contributed by atoms with Crippen LogP contribution in [-0.4, -0.2) is 12.5 Å². The van der Waals surface area contributed by atoms with Crippen molar-refractivity contribution in [2.45, 2.75) is 6.92 Å². The van der Waals surface area contributed by atoms with Gasteiger partial charge in [-0.05, 0) is 59.8 Å². The molecular weight excluding hydrogens is 370 g/mol. The van der Waals surface area contributed by atoms with Gasteiger partial charge in [0.15, 0.2) is 0 Å². The first kappa shape index (κ1) is 14.8. The molecule has 0 saturated heterocycles. The summed E-state index contributed by atoms with van der Waals surface area (Å²) < 4.78 is 13.7. The van der Waals surface area contributed by atoms with Gasteiger partial charge < -0.3 is 10.6 Å². The average molecular weight is 384 g/mol. The molecule has 1 amide bonds. The third-order valence-electron chi connectivity index (χ3n) is 2.72. The number of halogens is 2. The van der Waals surface area contributed by atoms with Crippen molar-refractivity contribution < 1.29 is 9.18 Å². The van der Waals surface area contributed by atoms with Gasteiger partial charge in [0.05, 0.1) is 11.3 Å². The molecule has 0 heterocycles. The summed E-state index contributed by atoms with van der Waals surface area (Å²) in [6, 6.07) is 11.6. The SMILES string of the molecule is CCNc1ccccc1C(=O)Nc1ccc(F)cc1I. The predicted molar refractivity (Wildman–Crippen MR) is 87.7 cm³/mol. The fourth-order valence-electron chi connectivity index (χ4n) is 1.81. The second kappa shape index (κ2) is 6.69. The van der Waals surface area contributed by atoms with E-state index in [1.807, 2.05) is 47.7 Å². The van der Waals surface area contributed by atoms with Gasteiger partial charge in [-0.3, -0.25) is 4.79 Å². The Kier molecular flexibility index (Phi) is 4.94. The van der Waals surface area contributed by atoms with Gasteiger partial charge in [0.1, 0.15) is 5.82 Å². The number of hydrogen-bond acceptors (Lipinski definition) is 2. The Balaban J connectivity index is 2.24. The van der Waals surface area contributed by atoms with Gasteiger partial charge in [0.25, 0.3) is 5.91 Å². The minimum atomic E-state index is -0.319. The van der Waals surface area contributed by atoms with Crippen LogP contribution in [0.25, 0.3) is 0 Å². The number of para-hydroxylation sites is 1. The molecule has 2 N–H and O–H groups in total. The normalized spacial score (nSPS) is 10.2. The molecule has 0 spiro atoms. The maximum absolute atomic E-state index is 13.0. The van der Waals surface area contributed by atoms with E-state index in [0.717, 1.165) is 12.2 Å². The van der Waals surface area contributed by atoms with Crippen molar-refractivity contribution in [1.82, 2.24) is 0 Å². The quantitative estimate of drug-likeness (QED) is 0.779. The van der Waals surface area contributed by atoms with Gasteiger partial charge in [-0.2, -0.15) is 0 Å². The van der Waals surface area contributed by atoms with Crippen LogP contribution in [0.3, 0.4) is 0 Å². The topological polar surface area (TPSA) is 41.1 Å². The summed E-state index contributed by atoms with van der Waals surface area (Å²) in [4.78, 5) is 12.3. The molecule has 3 nitrogen and oxygen atoms in total. The van der Waals surface area contributed by atoms with Gasteiger partial charge in [0, 0.05) is 15.8 Å². The number of carbonyl (C=O) groups excluding carboxylic acids is 1. The first-order chi connectivity index (χ1) is 9.61. The van der Waals surface area contributed by atoms with Crippen molar-refractivity contribution >= 4 is 39.9 Å². The highest BCUT2D eigenvalue weighted by molar-refractivity contribution is 14.1. The third kappa shape index (κ3) is 3.47. The fraction of sp³-hybridized carbons (Fsp3) is 0.133. The second-order valence-corrected chi connectivity index (χ2v) is 5.32. The standard InChI is InChI=1S/C15H14FIN2O/c1-2-18-13-6-4-3-5-11(13)15(20)19-14-8-7-10(16)9-12(14)17/h3-9,18H,2H2,1H3,(H,19,20). The van der Waals surface area contributed by atoms with E-state index in [-0.39, 0.29) is 11.7 Å². The van der Waals surface area contributed by atoms with Crippen LogP contribution in [0.2, 0.25) is 0 Å². The molecule has 0 aliphatic rings. The molecule has 2 aromatic carbocycles. The molecule has 5 heteroatoms. The first-order valence-electron chi connectivity index (χ1n) is 6.21. The number of amides is 1. The lowest BCUT2D eigenvalue weighted by molar-refractivity contribution is 0.102. The lowest BCUT2D eigenvalue weighted by Gasteiger charge is -2.12. The third-order valence-corrected chi connectivity index (χ3v) is 3.61. The van der Waals surface area contributed by atoms with Crippen LogP contribution in [0.1, 0.15) is 17.3 Å². The first-order valence-corrected chi connectivity index (χ1v) is 7.29. The smallest absolute Gasteiger partial charge is 0.257 e. The molecule has 104 valence electrons. The van der Waals surface area contributed by atoms with E-state index in [1.54, 1.807) is 12.1 Å². The summed E-state index contributed by atoms with van der Waals surface area (Å²) in [6.07, 6.45) is 0. The maximum atomic E-state index is 13.0. The van der Waals surface area contributed by atoms with Gasteiger partial charge in [-0.1, -0.05) is 12.1 Å². The largest absolute Gasteiger partial charge is 0.385 e. The molecule has 0 saturated carbocycles.